The van der Waals surface area contributed by atoms with Crippen LogP contribution in [0.5, 0.6) is 0 Å². The Morgan fingerprint density at radius 2 is 1.72 bits per heavy atom. The van der Waals surface area contributed by atoms with Gasteiger partial charge in [-0.3, -0.25) is 4.79 Å². The second-order valence-electron chi connectivity index (χ2n) is 8.64. The van der Waals surface area contributed by atoms with Crippen LogP contribution in [0.2, 0.25) is 0 Å². The van der Waals surface area contributed by atoms with Gasteiger partial charge in [-0.05, 0) is 63.3 Å². The molecule has 0 aliphatic heterocycles. The summed E-state index contributed by atoms with van der Waals surface area (Å²) in [6.45, 7) is 11.8. The molecule has 0 saturated heterocycles. The number of carbonyl (C=O) groups is 2. The Labute approximate surface area is 189 Å². The number of hydrogen-bond donors (Lipinski definition) is 1. The monoisotopic (exact) mass is 436 g/mol. The predicted octanol–water partition coefficient (Wildman–Crippen LogP) is 3.90. The molecular weight excluding hydrogens is 404 g/mol. The SMILES string of the molecule is COC(=O)C(NC(=O)CCc1c(C)nc2c(c(C)nn2-c2ccc(C)cc2)c1C)C(C)C. The van der Waals surface area contributed by atoms with Crippen LogP contribution in [0.15, 0.2) is 24.3 Å². The molecule has 0 spiro atoms. The molecule has 7 nitrogen and oxygen atoms in total. The lowest BCUT2D eigenvalue weighted by Crippen LogP contribution is -2.45. The number of aromatic nitrogens is 3. The number of esters is 1. The van der Waals surface area contributed by atoms with Gasteiger partial charge in [0.15, 0.2) is 5.65 Å². The first kappa shape index (κ1) is 23.4. The van der Waals surface area contributed by atoms with E-state index in [1.54, 1.807) is 0 Å². The van der Waals surface area contributed by atoms with Crippen LogP contribution in [0.4, 0.5) is 0 Å². The van der Waals surface area contributed by atoms with E-state index >= 15 is 0 Å². The number of pyridine rings is 1. The first-order valence-corrected chi connectivity index (χ1v) is 10.9. The van der Waals surface area contributed by atoms with E-state index < -0.39 is 12.0 Å². The normalized spacial score (nSPS) is 12.2. The second kappa shape index (κ2) is 9.51. The van der Waals surface area contributed by atoms with E-state index in [0.29, 0.717) is 6.42 Å². The van der Waals surface area contributed by atoms with Crippen molar-refractivity contribution < 1.29 is 14.3 Å². The van der Waals surface area contributed by atoms with Crippen molar-refractivity contribution in [3.63, 3.8) is 0 Å². The fraction of sp³-hybridized carbons (Fsp3) is 0.440. The molecule has 1 amide bonds. The van der Waals surface area contributed by atoms with Gasteiger partial charge in [0, 0.05) is 17.5 Å². The van der Waals surface area contributed by atoms with E-state index in [0.717, 1.165) is 39.2 Å². The minimum atomic E-state index is -0.648. The van der Waals surface area contributed by atoms with E-state index in [9.17, 15) is 9.59 Å². The molecule has 0 aliphatic carbocycles. The maximum atomic E-state index is 12.6. The van der Waals surface area contributed by atoms with Crippen molar-refractivity contribution in [3.8, 4) is 5.69 Å². The summed E-state index contributed by atoms with van der Waals surface area (Å²) in [5.41, 5.74) is 6.89. The Bertz CT molecular complexity index is 1150. The summed E-state index contributed by atoms with van der Waals surface area (Å²) in [5.74, 6) is -0.661. The van der Waals surface area contributed by atoms with Gasteiger partial charge in [-0.15, -0.1) is 0 Å². The molecule has 2 aromatic heterocycles. The largest absolute Gasteiger partial charge is 0.467 e. The zero-order chi connectivity index (χ0) is 23.6. The number of ether oxygens (including phenoxy) is 1. The third-order valence-electron chi connectivity index (χ3n) is 5.89. The highest BCUT2D eigenvalue weighted by Gasteiger charge is 2.25. The molecule has 32 heavy (non-hydrogen) atoms. The maximum Gasteiger partial charge on any atom is 0.328 e. The van der Waals surface area contributed by atoms with Gasteiger partial charge in [0.05, 0.1) is 18.5 Å². The molecule has 1 unspecified atom stereocenters. The Balaban J connectivity index is 1.87. The topological polar surface area (TPSA) is 86.1 Å². The van der Waals surface area contributed by atoms with Crippen molar-refractivity contribution in [2.24, 2.45) is 5.92 Å². The number of methoxy groups -OCH3 is 1. The molecule has 0 saturated carbocycles. The average Bonchev–Trinajstić information content (AvgIpc) is 3.07. The molecule has 0 aliphatic rings. The minimum absolute atomic E-state index is 0.0526. The third kappa shape index (κ3) is 4.66. The van der Waals surface area contributed by atoms with Crippen molar-refractivity contribution in [2.45, 2.75) is 60.4 Å². The quantitative estimate of drug-likeness (QED) is 0.568. The fourth-order valence-electron chi connectivity index (χ4n) is 4.05. The summed E-state index contributed by atoms with van der Waals surface area (Å²) in [4.78, 5) is 29.4. The number of fused-ring (bicyclic) bond motifs is 1. The highest BCUT2D eigenvalue weighted by molar-refractivity contribution is 5.86. The first-order chi connectivity index (χ1) is 15.1. The van der Waals surface area contributed by atoms with Crippen LogP contribution >= 0.6 is 0 Å². The standard InChI is InChI=1S/C25H32N4O3/c1-14(2)23(25(31)32-7)27-21(30)13-12-20-16(4)22-18(6)28-29(24(22)26-17(20)5)19-10-8-15(3)9-11-19/h8-11,14,23H,12-13H2,1-7H3,(H,27,30). The molecule has 1 N–H and O–H groups in total. The number of benzene rings is 1. The number of carbonyl (C=O) groups excluding carboxylic acids is 2. The van der Waals surface area contributed by atoms with Crippen molar-refractivity contribution >= 4 is 22.9 Å². The number of rotatable bonds is 7. The van der Waals surface area contributed by atoms with Gasteiger partial charge in [-0.25, -0.2) is 14.5 Å². The number of aryl methyl sites for hydroxylation is 4. The van der Waals surface area contributed by atoms with E-state index in [1.165, 1.54) is 12.7 Å². The van der Waals surface area contributed by atoms with E-state index in [-0.39, 0.29) is 18.2 Å². The molecule has 0 radical (unpaired) electrons. The molecule has 3 aromatic rings. The van der Waals surface area contributed by atoms with Crippen LogP contribution in [0.3, 0.4) is 0 Å². The highest BCUT2D eigenvalue weighted by atomic mass is 16.5. The fourth-order valence-corrected chi connectivity index (χ4v) is 4.05. The summed E-state index contributed by atoms with van der Waals surface area (Å²) < 4.78 is 6.69. The van der Waals surface area contributed by atoms with Crippen LogP contribution in [0.25, 0.3) is 16.7 Å². The maximum absolute atomic E-state index is 12.6. The Morgan fingerprint density at radius 3 is 2.31 bits per heavy atom. The summed E-state index contributed by atoms with van der Waals surface area (Å²) in [7, 11) is 1.33. The molecule has 2 heterocycles. The van der Waals surface area contributed by atoms with Crippen LogP contribution in [0, 0.1) is 33.6 Å². The molecule has 0 bridgehead atoms. The van der Waals surface area contributed by atoms with Crippen molar-refractivity contribution in [2.75, 3.05) is 7.11 Å². The van der Waals surface area contributed by atoms with Gasteiger partial charge in [0.1, 0.15) is 6.04 Å². The van der Waals surface area contributed by atoms with Gasteiger partial charge < -0.3 is 10.1 Å². The summed E-state index contributed by atoms with van der Waals surface area (Å²) in [5, 5.41) is 8.56. The molecule has 1 atom stereocenters. The van der Waals surface area contributed by atoms with Crippen molar-refractivity contribution in [1.29, 1.82) is 0 Å². The number of nitrogens with zero attached hydrogens (tertiary/aromatic N) is 3. The van der Waals surface area contributed by atoms with Crippen molar-refractivity contribution in [3.05, 3.63) is 52.3 Å². The number of hydrogen-bond acceptors (Lipinski definition) is 5. The predicted molar refractivity (Wildman–Crippen MR) is 125 cm³/mol. The van der Waals surface area contributed by atoms with Gasteiger partial charge in [0.25, 0.3) is 0 Å². The van der Waals surface area contributed by atoms with Crippen molar-refractivity contribution in [1.82, 2.24) is 20.1 Å². The van der Waals surface area contributed by atoms with E-state index in [1.807, 2.05) is 44.5 Å². The van der Waals surface area contributed by atoms with Crippen LogP contribution in [-0.2, 0) is 20.7 Å². The second-order valence-corrected chi connectivity index (χ2v) is 8.64. The lowest BCUT2D eigenvalue weighted by atomic mass is 9.98. The Hall–Kier alpha value is -3.22. The van der Waals surface area contributed by atoms with Crippen LogP contribution < -0.4 is 5.32 Å². The smallest absolute Gasteiger partial charge is 0.328 e. The molecular formula is C25H32N4O3. The zero-order valence-corrected chi connectivity index (χ0v) is 19.9. The first-order valence-electron chi connectivity index (χ1n) is 10.9. The van der Waals surface area contributed by atoms with E-state index in [2.05, 4.69) is 31.3 Å². The van der Waals surface area contributed by atoms with Gasteiger partial charge in [-0.1, -0.05) is 31.5 Å². The molecule has 170 valence electrons. The lowest BCUT2D eigenvalue weighted by Gasteiger charge is -2.20. The summed E-state index contributed by atoms with van der Waals surface area (Å²) in [6, 6.07) is 7.55. The van der Waals surface area contributed by atoms with Gasteiger partial charge in [0.2, 0.25) is 5.91 Å². The zero-order valence-electron chi connectivity index (χ0n) is 19.9. The third-order valence-corrected chi connectivity index (χ3v) is 5.89. The number of nitrogens with one attached hydrogen (secondary N) is 1. The summed E-state index contributed by atoms with van der Waals surface area (Å²) >= 11 is 0. The van der Waals surface area contributed by atoms with Crippen LogP contribution in [-0.4, -0.2) is 39.8 Å². The number of amides is 1. The molecule has 0 fully saturated rings. The average molecular weight is 437 g/mol. The summed E-state index contributed by atoms with van der Waals surface area (Å²) in [6.07, 6.45) is 0.799. The minimum Gasteiger partial charge on any atom is -0.467 e. The highest BCUT2D eigenvalue weighted by Crippen LogP contribution is 2.28. The lowest BCUT2D eigenvalue weighted by molar-refractivity contribution is -0.146. The molecule has 1 aromatic carbocycles. The molecule has 7 heteroatoms. The van der Waals surface area contributed by atoms with Gasteiger partial charge >= 0.3 is 5.97 Å². The van der Waals surface area contributed by atoms with Crippen LogP contribution in [0.1, 0.15) is 48.3 Å². The Morgan fingerprint density at radius 1 is 1.06 bits per heavy atom. The van der Waals surface area contributed by atoms with Gasteiger partial charge in [-0.2, -0.15) is 5.10 Å². The van der Waals surface area contributed by atoms with E-state index in [4.69, 9.17) is 14.8 Å². The molecule has 3 rings (SSSR count). The Kier molecular flexibility index (Phi) is 6.96.